The topological polar surface area (TPSA) is 91.0 Å². The van der Waals surface area contributed by atoms with Crippen LogP contribution < -0.4 is 10.6 Å². The summed E-state index contributed by atoms with van der Waals surface area (Å²) in [7, 11) is 0. The van der Waals surface area contributed by atoms with E-state index in [9.17, 15) is 13.6 Å². The first-order chi connectivity index (χ1) is 14.1. The normalized spacial score (nSPS) is 18.9. The highest BCUT2D eigenvalue weighted by Gasteiger charge is 2.29. The average Bonchev–Trinajstić information content (AvgIpc) is 3.14. The number of carbonyl (C=O) groups excluding carboxylic acids is 1. The molecule has 1 aromatic carbocycles. The van der Waals surface area contributed by atoms with Gasteiger partial charge in [0.25, 0.3) is 5.91 Å². The molecule has 0 radical (unpaired) electrons. The largest absolute Gasteiger partial charge is 0.356 e. The molecule has 0 saturated carbocycles. The molecule has 8 heteroatoms. The van der Waals surface area contributed by atoms with Crippen molar-refractivity contribution in [3.63, 3.8) is 0 Å². The van der Waals surface area contributed by atoms with E-state index in [-0.39, 0.29) is 17.4 Å². The molecule has 1 heterocycles. The van der Waals surface area contributed by atoms with E-state index < -0.39 is 17.7 Å². The van der Waals surface area contributed by atoms with Gasteiger partial charge in [0, 0.05) is 29.1 Å². The van der Waals surface area contributed by atoms with Crippen LogP contribution in [-0.4, -0.2) is 23.3 Å². The van der Waals surface area contributed by atoms with Crippen LogP contribution in [-0.2, 0) is 12.8 Å². The summed E-state index contributed by atoms with van der Waals surface area (Å²) in [4.78, 5) is 12.8. The molecule has 1 atom stereocenters. The quantitative estimate of drug-likeness (QED) is 0.658. The molecule has 2 aliphatic carbocycles. The number of benzene rings is 1. The molecular weight excluding hydrogens is 378 g/mol. The van der Waals surface area contributed by atoms with E-state index in [1.54, 1.807) is 0 Å². The van der Waals surface area contributed by atoms with Crippen molar-refractivity contribution in [2.24, 2.45) is 0 Å². The fourth-order valence-corrected chi connectivity index (χ4v) is 4.01. The van der Waals surface area contributed by atoms with E-state index >= 15 is 0 Å². The van der Waals surface area contributed by atoms with E-state index in [1.165, 1.54) is 18.3 Å². The maximum Gasteiger partial charge on any atom is 0.290 e. The minimum atomic E-state index is -0.707. The molecule has 0 saturated heterocycles. The Balaban J connectivity index is 1.55. The number of fused-ring (bicyclic) bond motifs is 1. The molecule has 0 fully saturated rings. The Morgan fingerprint density at radius 3 is 2.83 bits per heavy atom. The number of halogens is 2. The Morgan fingerprint density at radius 1 is 1.21 bits per heavy atom. The Bertz CT molecular complexity index is 983. The Morgan fingerprint density at radius 2 is 2.03 bits per heavy atom. The second kappa shape index (κ2) is 8.14. The molecule has 2 aliphatic rings. The zero-order chi connectivity index (χ0) is 20.4. The Kier molecular flexibility index (Phi) is 5.42. The number of aryl methyl sites for hydroxylation is 1. The molecule has 0 spiro atoms. The molecule has 1 unspecified atom stereocenters. The standard InChI is InChI=1S/C21H22F2N4O2/c22-12-8-9-19(15(23)10-12)25-16-6-3-7-17(14(16)11-24)26-21(28)20-13-4-1-2-5-18(13)27-29-20/h8-11,17,24-25H,1-7H2,(H,26,28). The second-order valence-electron chi connectivity index (χ2n) is 7.39. The van der Waals surface area contributed by atoms with Crippen LogP contribution in [0.5, 0.6) is 0 Å². The summed E-state index contributed by atoms with van der Waals surface area (Å²) < 4.78 is 32.5. The summed E-state index contributed by atoms with van der Waals surface area (Å²) in [6.07, 6.45) is 6.82. The lowest BCUT2D eigenvalue weighted by atomic mass is 9.91. The molecule has 1 aromatic heterocycles. The number of rotatable bonds is 5. The highest BCUT2D eigenvalue weighted by molar-refractivity contribution is 5.94. The van der Waals surface area contributed by atoms with Crippen molar-refractivity contribution in [3.8, 4) is 0 Å². The summed E-state index contributed by atoms with van der Waals surface area (Å²) in [5.74, 6) is -1.47. The lowest BCUT2D eigenvalue weighted by Gasteiger charge is -2.28. The minimum Gasteiger partial charge on any atom is -0.356 e. The third kappa shape index (κ3) is 3.92. The van der Waals surface area contributed by atoms with E-state index in [0.717, 1.165) is 49.4 Å². The van der Waals surface area contributed by atoms with E-state index in [2.05, 4.69) is 15.8 Å². The van der Waals surface area contributed by atoms with Crippen molar-refractivity contribution in [2.45, 2.75) is 51.0 Å². The monoisotopic (exact) mass is 400 g/mol. The van der Waals surface area contributed by atoms with Gasteiger partial charge in [-0.2, -0.15) is 0 Å². The van der Waals surface area contributed by atoms with Crippen LogP contribution in [0.15, 0.2) is 34.0 Å². The molecule has 1 amide bonds. The molecule has 4 rings (SSSR count). The molecule has 29 heavy (non-hydrogen) atoms. The van der Waals surface area contributed by atoms with E-state index in [0.29, 0.717) is 24.1 Å². The number of hydrogen-bond acceptors (Lipinski definition) is 5. The number of aromatic nitrogens is 1. The average molecular weight is 400 g/mol. The van der Waals surface area contributed by atoms with Gasteiger partial charge in [-0.1, -0.05) is 5.16 Å². The number of nitrogens with one attached hydrogen (secondary N) is 3. The lowest BCUT2D eigenvalue weighted by Crippen LogP contribution is -2.39. The Hall–Kier alpha value is -3.03. The summed E-state index contributed by atoms with van der Waals surface area (Å²) >= 11 is 0. The number of allylic oxidation sites excluding steroid dienone is 1. The molecule has 6 nitrogen and oxygen atoms in total. The van der Waals surface area contributed by atoms with Crippen LogP contribution in [0.1, 0.15) is 53.9 Å². The van der Waals surface area contributed by atoms with Gasteiger partial charge >= 0.3 is 0 Å². The van der Waals surface area contributed by atoms with Crippen LogP contribution in [0.2, 0.25) is 0 Å². The van der Waals surface area contributed by atoms with Crippen LogP contribution in [0.25, 0.3) is 0 Å². The predicted octanol–water partition coefficient (Wildman–Crippen LogP) is 4.13. The summed E-state index contributed by atoms with van der Waals surface area (Å²) in [6.45, 7) is 0. The maximum absolute atomic E-state index is 14.0. The van der Waals surface area contributed by atoms with Gasteiger partial charge in [-0.25, -0.2) is 8.78 Å². The smallest absolute Gasteiger partial charge is 0.290 e. The van der Waals surface area contributed by atoms with Crippen molar-refractivity contribution in [1.29, 1.82) is 5.41 Å². The summed E-state index contributed by atoms with van der Waals surface area (Å²) in [5.41, 5.74) is 3.07. The lowest BCUT2D eigenvalue weighted by molar-refractivity contribution is 0.0902. The molecule has 0 bridgehead atoms. The number of anilines is 1. The zero-order valence-corrected chi connectivity index (χ0v) is 15.9. The van der Waals surface area contributed by atoms with Gasteiger partial charge in [0.2, 0.25) is 5.76 Å². The van der Waals surface area contributed by atoms with Crippen molar-refractivity contribution >= 4 is 17.8 Å². The predicted molar refractivity (Wildman–Crippen MR) is 104 cm³/mol. The highest BCUT2D eigenvalue weighted by Crippen LogP contribution is 2.28. The van der Waals surface area contributed by atoms with Gasteiger partial charge in [0.15, 0.2) is 0 Å². The third-order valence-electron chi connectivity index (χ3n) is 5.49. The van der Waals surface area contributed by atoms with Crippen molar-refractivity contribution in [3.05, 3.63) is 58.1 Å². The van der Waals surface area contributed by atoms with Crippen LogP contribution in [0.4, 0.5) is 14.5 Å². The van der Waals surface area contributed by atoms with Gasteiger partial charge in [0.1, 0.15) is 11.6 Å². The first-order valence-corrected chi connectivity index (χ1v) is 9.80. The van der Waals surface area contributed by atoms with E-state index in [1.807, 2.05) is 0 Å². The first kappa shape index (κ1) is 19.3. The first-order valence-electron chi connectivity index (χ1n) is 9.80. The SMILES string of the molecule is N=CC1=C(Nc2ccc(F)cc2F)CCCC1NC(=O)c1onc2c1CCCC2. The molecule has 2 aromatic rings. The third-order valence-corrected chi connectivity index (χ3v) is 5.49. The molecule has 152 valence electrons. The number of carbonyl (C=O) groups is 1. The van der Waals surface area contributed by atoms with Crippen LogP contribution in [0, 0.1) is 17.0 Å². The van der Waals surface area contributed by atoms with Gasteiger partial charge in [0.05, 0.1) is 17.4 Å². The summed E-state index contributed by atoms with van der Waals surface area (Å²) in [5, 5.41) is 17.7. The van der Waals surface area contributed by atoms with Crippen LogP contribution >= 0.6 is 0 Å². The number of hydrogen-bond donors (Lipinski definition) is 3. The fraction of sp³-hybridized carbons (Fsp3) is 0.381. The molecule has 3 N–H and O–H groups in total. The van der Waals surface area contributed by atoms with E-state index in [4.69, 9.17) is 9.93 Å². The van der Waals surface area contributed by atoms with Crippen molar-refractivity contribution < 1.29 is 18.1 Å². The number of nitrogens with zero attached hydrogens (tertiary/aromatic N) is 1. The number of amides is 1. The van der Waals surface area contributed by atoms with Gasteiger partial charge < -0.3 is 20.6 Å². The molecular formula is C21H22F2N4O2. The Labute approximate surface area is 166 Å². The highest BCUT2D eigenvalue weighted by atomic mass is 19.1. The van der Waals surface area contributed by atoms with Crippen LogP contribution in [0.3, 0.4) is 0 Å². The van der Waals surface area contributed by atoms with Gasteiger partial charge in [-0.3, -0.25) is 4.79 Å². The molecule has 0 aliphatic heterocycles. The van der Waals surface area contributed by atoms with Gasteiger partial charge in [-0.05, 0) is 57.1 Å². The summed E-state index contributed by atoms with van der Waals surface area (Å²) in [6, 6.07) is 2.90. The second-order valence-corrected chi connectivity index (χ2v) is 7.39. The van der Waals surface area contributed by atoms with Gasteiger partial charge in [-0.15, -0.1) is 0 Å². The van der Waals surface area contributed by atoms with Crippen molar-refractivity contribution in [1.82, 2.24) is 10.5 Å². The maximum atomic E-state index is 14.0. The van der Waals surface area contributed by atoms with Crippen molar-refractivity contribution in [2.75, 3.05) is 5.32 Å². The fourth-order valence-electron chi connectivity index (χ4n) is 4.01. The zero-order valence-electron chi connectivity index (χ0n) is 15.9. The minimum absolute atomic E-state index is 0.136.